The summed E-state index contributed by atoms with van der Waals surface area (Å²) in [5, 5.41) is 5.14. The number of thiophene rings is 1. The van der Waals surface area contributed by atoms with Crippen molar-refractivity contribution in [2.24, 2.45) is 0 Å². The number of halogens is 1. The first-order valence-corrected chi connectivity index (χ1v) is 11.3. The van der Waals surface area contributed by atoms with Crippen molar-refractivity contribution < 1.29 is 13.2 Å². The number of anilines is 1. The van der Waals surface area contributed by atoms with E-state index in [1.54, 1.807) is 60.8 Å². The number of nitrogens with one attached hydrogen (secondary N) is 1. The highest BCUT2D eigenvalue weighted by Gasteiger charge is 2.27. The molecule has 1 N–H and O–H groups in total. The van der Waals surface area contributed by atoms with E-state index in [0.717, 1.165) is 5.56 Å². The van der Waals surface area contributed by atoms with E-state index in [9.17, 15) is 13.2 Å². The lowest BCUT2D eigenvalue weighted by Gasteiger charge is -2.23. The Balaban J connectivity index is 1.84. The average Bonchev–Trinajstić information content (AvgIpc) is 3.16. The minimum absolute atomic E-state index is 0.188. The van der Waals surface area contributed by atoms with E-state index in [2.05, 4.69) is 5.32 Å². The predicted molar refractivity (Wildman–Crippen MR) is 114 cm³/mol. The molecule has 1 amide bonds. The predicted octanol–water partition coefficient (Wildman–Crippen LogP) is 4.55. The maximum absolute atomic E-state index is 13.0. The molecule has 0 unspecified atom stereocenters. The lowest BCUT2D eigenvalue weighted by molar-refractivity contribution is 0.0955. The van der Waals surface area contributed by atoms with Crippen molar-refractivity contribution in [1.82, 2.24) is 5.32 Å². The van der Waals surface area contributed by atoms with Crippen LogP contribution in [0.4, 0.5) is 5.69 Å². The Morgan fingerprint density at radius 3 is 2.54 bits per heavy atom. The zero-order valence-electron chi connectivity index (χ0n) is 15.1. The quantitative estimate of drug-likeness (QED) is 0.593. The summed E-state index contributed by atoms with van der Waals surface area (Å²) >= 11 is 7.18. The van der Waals surface area contributed by atoms with Gasteiger partial charge in [-0.15, -0.1) is 11.3 Å². The Morgan fingerprint density at radius 2 is 1.86 bits per heavy atom. The Bertz CT molecular complexity index is 1070. The van der Waals surface area contributed by atoms with Crippen molar-refractivity contribution in [3.8, 4) is 0 Å². The van der Waals surface area contributed by atoms with E-state index in [1.165, 1.54) is 15.6 Å². The van der Waals surface area contributed by atoms with Gasteiger partial charge in [-0.3, -0.25) is 9.10 Å². The van der Waals surface area contributed by atoms with Crippen LogP contribution in [0.2, 0.25) is 5.02 Å². The van der Waals surface area contributed by atoms with Gasteiger partial charge in [-0.1, -0.05) is 41.9 Å². The molecule has 0 bridgehead atoms. The third kappa shape index (κ3) is 4.38. The number of benzene rings is 2. The van der Waals surface area contributed by atoms with E-state index >= 15 is 0 Å². The number of carbonyl (C=O) groups excluding carboxylic acids is 1. The first kappa shape index (κ1) is 20.4. The van der Waals surface area contributed by atoms with Gasteiger partial charge in [-0.2, -0.15) is 0 Å². The van der Waals surface area contributed by atoms with Crippen molar-refractivity contribution in [1.29, 1.82) is 0 Å². The van der Waals surface area contributed by atoms with Crippen LogP contribution in [-0.4, -0.2) is 20.9 Å². The molecule has 0 atom stereocenters. The number of amides is 1. The Morgan fingerprint density at radius 1 is 1.11 bits per heavy atom. The van der Waals surface area contributed by atoms with E-state index < -0.39 is 10.0 Å². The van der Waals surface area contributed by atoms with E-state index in [1.807, 2.05) is 12.1 Å². The molecule has 2 aromatic carbocycles. The van der Waals surface area contributed by atoms with Gasteiger partial charge in [-0.25, -0.2) is 8.42 Å². The van der Waals surface area contributed by atoms with Gasteiger partial charge in [0.25, 0.3) is 15.9 Å². The lowest BCUT2D eigenvalue weighted by Crippen LogP contribution is -2.32. The van der Waals surface area contributed by atoms with Gasteiger partial charge in [0.05, 0.1) is 10.6 Å². The minimum atomic E-state index is -3.76. The molecule has 0 aliphatic heterocycles. The van der Waals surface area contributed by atoms with Crippen molar-refractivity contribution in [2.75, 3.05) is 10.8 Å². The average molecular weight is 435 g/mol. The van der Waals surface area contributed by atoms with Crippen LogP contribution in [-0.2, 0) is 16.6 Å². The van der Waals surface area contributed by atoms with Crippen LogP contribution in [0.25, 0.3) is 0 Å². The third-order valence-electron chi connectivity index (χ3n) is 4.08. The second-order valence-corrected chi connectivity index (χ2v) is 9.15. The highest BCUT2D eigenvalue weighted by molar-refractivity contribution is 7.92. The molecule has 0 saturated heterocycles. The molecule has 0 saturated carbocycles. The second kappa shape index (κ2) is 8.77. The molecule has 146 valence electrons. The molecule has 1 heterocycles. The molecular formula is C20H19ClN2O3S2. The summed E-state index contributed by atoms with van der Waals surface area (Å²) in [5.41, 5.74) is 1.24. The van der Waals surface area contributed by atoms with Crippen LogP contribution in [0.1, 0.15) is 22.2 Å². The molecular weight excluding hydrogens is 416 g/mol. The van der Waals surface area contributed by atoms with E-state index in [0.29, 0.717) is 22.1 Å². The van der Waals surface area contributed by atoms with Crippen LogP contribution in [0.5, 0.6) is 0 Å². The maximum Gasteiger partial charge on any atom is 0.264 e. The van der Waals surface area contributed by atoms with Crippen LogP contribution < -0.4 is 9.62 Å². The van der Waals surface area contributed by atoms with Crippen molar-refractivity contribution >= 4 is 44.6 Å². The van der Waals surface area contributed by atoms with Crippen molar-refractivity contribution in [3.63, 3.8) is 0 Å². The first-order valence-electron chi connectivity index (χ1n) is 8.61. The summed E-state index contributed by atoms with van der Waals surface area (Å²) in [6.45, 7) is 2.25. The fourth-order valence-electron chi connectivity index (χ4n) is 2.77. The number of nitrogens with zero attached hydrogens (tertiary/aromatic N) is 1. The van der Waals surface area contributed by atoms with Crippen LogP contribution >= 0.6 is 22.9 Å². The molecule has 3 rings (SSSR count). The number of sulfonamides is 1. The summed E-state index contributed by atoms with van der Waals surface area (Å²) < 4.78 is 27.3. The second-order valence-electron chi connectivity index (χ2n) is 5.93. The summed E-state index contributed by atoms with van der Waals surface area (Å²) in [6, 6.07) is 17.1. The fourth-order valence-corrected chi connectivity index (χ4v) is 5.36. The van der Waals surface area contributed by atoms with Crippen LogP contribution in [0.3, 0.4) is 0 Å². The van der Waals surface area contributed by atoms with Gasteiger partial charge >= 0.3 is 0 Å². The minimum Gasteiger partial charge on any atom is -0.347 e. The molecule has 0 aliphatic carbocycles. The summed E-state index contributed by atoms with van der Waals surface area (Å²) in [4.78, 5) is 13.3. The molecule has 0 aliphatic rings. The zero-order valence-corrected chi connectivity index (χ0v) is 17.5. The largest absolute Gasteiger partial charge is 0.347 e. The van der Waals surface area contributed by atoms with Gasteiger partial charge in [0.2, 0.25) is 0 Å². The number of hydrogen-bond donors (Lipinski definition) is 1. The van der Waals surface area contributed by atoms with E-state index in [4.69, 9.17) is 11.6 Å². The number of carbonyl (C=O) groups is 1. The molecule has 8 heteroatoms. The van der Waals surface area contributed by atoms with Crippen LogP contribution in [0, 0.1) is 0 Å². The van der Waals surface area contributed by atoms with Gasteiger partial charge in [-0.05, 0) is 48.2 Å². The Hall–Kier alpha value is -2.35. The molecule has 0 fully saturated rings. The smallest absolute Gasteiger partial charge is 0.264 e. The maximum atomic E-state index is 13.0. The molecule has 0 radical (unpaired) electrons. The first-order chi connectivity index (χ1) is 13.4. The standard InChI is InChI=1S/C20H19ClN2O3S2/c1-2-23(28(25,26)17-9-4-3-5-10-17)18-11-12-27-19(18)20(24)22-14-15-7-6-8-16(21)13-15/h3-13H,2,14H2,1H3,(H,22,24). The normalized spacial score (nSPS) is 11.2. The van der Waals surface area contributed by atoms with Crippen LogP contribution in [0.15, 0.2) is 70.9 Å². The number of rotatable bonds is 7. The topological polar surface area (TPSA) is 66.5 Å². The summed E-state index contributed by atoms with van der Waals surface area (Å²) in [5.74, 6) is -0.327. The number of hydrogen-bond acceptors (Lipinski definition) is 4. The lowest BCUT2D eigenvalue weighted by atomic mass is 10.2. The molecule has 0 spiro atoms. The molecule has 28 heavy (non-hydrogen) atoms. The highest BCUT2D eigenvalue weighted by atomic mass is 35.5. The molecule has 5 nitrogen and oxygen atoms in total. The zero-order chi connectivity index (χ0) is 20.1. The van der Waals surface area contributed by atoms with E-state index in [-0.39, 0.29) is 17.3 Å². The summed E-state index contributed by atoms with van der Waals surface area (Å²) in [7, 11) is -3.76. The summed E-state index contributed by atoms with van der Waals surface area (Å²) in [6.07, 6.45) is 0. The van der Waals surface area contributed by atoms with Crippen molar-refractivity contribution in [2.45, 2.75) is 18.4 Å². The highest BCUT2D eigenvalue weighted by Crippen LogP contribution is 2.31. The Labute approximate surface area is 173 Å². The third-order valence-corrected chi connectivity index (χ3v) is 7.12. The fraction of sp³-hybridized carbons (Fsp3) is 0.150. The van der Waals surface area contributed by atoms with Crippen molar-refractivity contribution in [3.05, 3.63) is 81.5 Å². The van der Waals surface area contributed by atoms with Gasteiger partial charge in [0.1, 0.15) is 4.88 Å². The molecule has 3 aromatic rings. The molecule has 1 aromatic heterocycles. The SMILES string of the molecule is CCN(c1ccsc1C(=O)NCc1cccc(Cl)c1)S(=O)(=O)c1ccccc1. The van der Waals surface area contributed by atoms with Gasteiger partial charge in [0.15, 0.2) is 0 Å². The Kier molecular flexibility index (Phi) is 6.39. The van der Waals surface area contributed by atoms with Gasteiger partial charge in [0, 0.05) is 18.1 Å². The monoisotopic (exact) mass is 434 g/mol. The van der Waals surface area contributed by atoms with Gasteiger partial charge < -0.3 is 5.32 Å².